The van der Waals surface area contributed by atoms with Gasteiger partial charge in [-0.15, -0.1) is 0 Å². The average Bonchev–Trinajstić information content (AvgIpc) is 2.97. The molecule has 2 aliphatic heterocycles. The maximum Gasteiger partial charge on any atom is 0.0471 e. The van der Waals surface area contributed by atoms with Crippen molar-refractivity contribution in [2.45, 2.75) is 25.3 Å². The third kappa shape index (κ3) is 2.93. The molecule has 3 heteroatoms. The van der Waals surface area contributed by atoms with Crippen LogP contribution in [0.1, 0.15) is 19.3 Å². The van der Waals surface area contributed by atoms with E-state index in [1.54, 1.807) is 0 Å². The van der Waals surface area contributed by atoms with Crippen LogP contribution < -0.4 is 4.90 Å². The molecule has 3 rings (SSSR count). The first-order valence-electron chi connectivity index (χ1n) is 7.51. The molecular formula is C16H24N2O. The van der Waals surface area contributed by atoms with Crippen molar-refractivity contribution in [2.24, 2.45) is 5.92 Å². The highest BCUT2D eigenvalue weighted by Crippen LogP contribution is 2.26. The van der Waals surface area contributed by atoms with Crippen LogP contribution in [0.25, 0.3) is 0 Å². The SMILES string of the molecule is OCC1CCN(C2CCN(c3ccccc3)CC2)C1. The number of rotatable bonds is 3. The predicted octanol–water partition coefficient (Wildman–Crippen LogP) is 1.97. The number of hydrogen-bond donors (Lipinski definition) is 1. The summed E-state index contributed by atoms with van der Waals surface area (Å²) in [5.74, 6) is 0.521. The quantitative estimate of drug-likeness (QED) is 0.900. The summed E-state index contributed by atoms with van der Waals surface area (Å²) in [4.78, 5) is 5.10. The van der Waals surface area contributed by atoms with E-state index >= 15 is 0 Å². The molecule has 0 amide bonds. The van der Waals surface area contributed by atoms with Crippen molar-refractivity contribution >= 4 is 5.69 Å². The molecule has 0 saturated carbocycles. The lowest BCUT2D eigenvalue weighted by molar-refractivity contribution is 0.180. The van der Waals surface area contributed by atoms with Crippen molar-refractivity contribution in [1.29, 1.82) is 0 Å². The van der Waals surface area contributed by atoms with Gasteiger partial charge in [-0.2, -0.15) is 0 Å². The Balaban J connectivity index is 1.53. The van der Waals surface area contributed by atoms with Gasteiger partial charge in [0, 0.05) is 38.0 Å². The topological polar surface area (TPSA) is 26.7 Å². The molecule has 1 unspecified atom stereocenters. The summed E-state index contributed by atoms with van der Waals surface area (Å²) in [6, 6.07) is 11.5. The molecule has 0 aliphatic carbocycles. The van der Waals surface area contributed by atoms with E-state index in [0.717, 1.165) is 25.7 Å². The van der Waals surface area contributed by atoms with Gasteiger partial charge in [0.05, 0.1) is 0 Å². The number of para-hydroxylation sites is 1. The number of piperidine rings is 1. The molecule has 1 aromatic rings. The van der Waals surface area contributed by atoms with Gasteiger partial charge < -0.3 is 10.0 Å². The smallest absolute Gasteiger partial charge is 0.0471 e. The van der Waals surface area contributed by atoms with Crippen molar-refractivity contribution in [1.82, 2.24) is 4.90 Å². The Bertz CT molecular complexity index is 387. The van der Waals surface area contributed by atoms with Gasteiger partial charge >= 0.3 is 0 Å². The van der Waals surface area contributed by atoms with Gasteiger partial charge in [0.1, 0.15) is 0 Å². The third-order valence-corrected chi connectivity index (χ3v) is 4.68. The minimum absolute atomic E-state index is 0.360. The number of hydrogen-bond acceptors (Lipinski definition) is 3. The summed E-state index contributed by atoms with van der Waals surface area (Å²) in [5, 5.41) is 9.24. The van der Waals surface area contributed by atoms with Crippen molar-refractivity contribution in [3.63, 3.8) is 0 Å². The van der Waals surface area contributed by atoms with Crippen molar-refractivity contribution in [2.75, 3.05) is 37.7 Å². The van der Waals surface area contributed by atoms with Gasteiger partial charge in [-0.3, -0.25) is 4.90 Å². The second-order valence-electron chi connectivity index (χ2n) is 5.89. The van der Waals surface area contributed by atoms with Gasteiger partial charge in [-0.25, -0.2) is 0 Å². The summed E-state index contributed by atoms with van der Waals surface area (Å²) in [7, 11) is 0. The zero-order valence-corrected chi connectivity index (χ0v) is 11.5. The van der Waals surface area contributed by atoms with E-state index in [1.165, 1.54) is 31.5 Å². The average molecular weight is 260 g/mol. The number of aliphatic hydroxyl groups excluding tert-OH is 1. The molecule has 0 bridgehead atoms. The molecule has 1 atom stereocenters. The number of benzene rings is 1. The summed E-state index contributed by atoms with van der Waals surface area (Å²) < 4.78 is 0. The van der Waals surface area contributed by atoms with Gasteiger partial charge in [0.15, 0.2) is 0 Å². The Morgan fingerprint density at radius 3 is 2.37 bits per heavy atom. The van der Waals surface area contributed by atoms with Gasteiger partial charge in [0.25, 0.3) is 0 Å². The molecule has 0 radical (unpaired) electrons. The highest BCUT2D eigenvalue weighted by Gasteiger charge is 2.30. The number of likely N-dealkylation sites (tertiary alicyclic amines) is 1. The fourth-order valence-electron chi connectivity index (χ4n) is 3.47. The second-order valence-corrected chi connectivity index (χ2v) is 5.89. The molecule has 2 fully saturated rings. The highest BCUT2D eigenvalue weighted by atomic mass is 16.3. The maximum atomic E-state index is 9.24. The lowest BCUT2D eigenvalue weighted by Crippen LogP contribution is -2.44. The zero-order chi connectivity index (χ0) is 13.1. The molecule has 104 valence electrons. The summed E-state index contributed by atoms with van der Waals surface area (Å²) >= 11 is 0. The summed E-state index contributed by atoms with van der Waals surface area (Å²) in [6.45, 7) is 4.97. The monoisotopic (exact) mass is 260 g/mol. The standard InChI is InChI=1S/C16H24N2O/c19-13-14-6-9-18(12-14)16-7-10-17(11-8-16)15-4-2-1-3-5-15/h1-5,14,16,19H,6-13H2. The molecule has 0 spiro atoms. The van der Waals surface area contributed by atoms with Crippen LogP contribution in [0.2, 0.25) is 0 Å². The van der Waals surface area contributed by atoms with Crippen molar-refractivity contribution in [3.8, 4) is 0 Å². The van der Waals surface area contributed by atoms with Crippen LogP contribution in [0.3, 0.4) is 0 Å². The van der Waals surface area contributed by atoms with Crippen LogP contribution in [0.5, 0.6) is 0 Å². The zero-order valence-electron chi connectivity index (χ0n) is 11.5. The third-order valence-electron chi connectivity index (χ3n) is 4.68. The van der Waals surface area contributed by atoms with E-state index in [2.05, 4.69) is 40.1 Å². The van der Waals surface area contributed by atoms with Crippen molar-refractivity contribution < 1.29 is 5.11 Å². The van der Waals surface area contributed by atoms with E-state index < -0.39 is 0 Å². The molecule has 3 nitrogen and oxygen atoms in total. The van der Waals surface area contributed by atoms with E-state index in [-0.39, 0.29) is 0 Å². The Morgan fingerprint density at radius 1 is 1.00 bits per heavy atom. The van der Waals surface area contributed by atoms with Gasteiger partial charge in [-0.1, -0.05) is 18.2 Å². The number of anilines is 1. The Morgan fingerprint density at radius 2 is 1.74 bits per heavy atom. The molecule has 2 saturated heterocycles. The normalized spacial score (nSPS) is 25.9. The molecular weight excluding hydrogens is 236 g/mol. The maximum absolute atomic E-state index is 9.24. The first-order valence-corrected chi connectivity index (χ1v) is 7.51. The first kappa shape index (κ1) is 12.9. The lowest BCUT2D eigenvalue weighted by Gasteiger charge is -2.38. The minimum atomic E-state index is 0.360. The number of nitrogens with zero attached hydrogens (tertiary/aromatic N) is 2. The fourth-order valence-corrected chi connectivity index (χ4v) is 3.47. The summed E-state index contributed by atoms with van der Waals surface area (Å²) in [6.07, 6.45) is 3.69. The van der Waals surface area contributed by atoms with Crippen LogP contribution in [-0.2, 0) is 0 Å². The largest absolute Gasteiger partial charge is 0.396 e. The molecule has 1 N–H and O–H groups in total. The predicted molar refractivity (Wildman–Crippen MR) is 78.4 cm³/mol. The molecule has 0 aromatic heterocycles. The molecule has 1 aromatic carbocycles. The van der Waals surface area contributed by atoms with Crippen LogP contribution >= 0.6 is 0 Å². The van der Waals surface area contributed by atoms with E-state index in [9.17, 15) is 5.11 Å². The minimum Gasteiger partial charge on any atom is -0.396 e. The van der Waals surface area contributed by atoms with E-state index in [1.807, 2.05) is 0 Å². The lowest BCUT2D eigenvalue weighted by atomic mass is 10.0. The Kier molecular flexibility index (Phi) is 4.04. The van der Waals surface area contributed by atoms with Crippen LogP contribution in [0.15, 0.2) is 30.3 Å². The number of aliphatic hydroxyl groups is 1. The summed E-state index contributed by atoms with van der Waals surface area (Å²) in [5.41, 5.74) is 1.36. The van der Waals surface area contributed by atoms with Crippen LogP contribution in [0, 0.1) is 5.92 Å². The van der Waals surface area contributed by atoms with Gasteiger partial charge in [-0.05, 0) is 43.9 Å². The second kappa shape index (κ2) is 5.93. The van der Waals surface area contributed by atoms with E-state index in [4.69, 9.17) is 0 Å². The van der Waals surface area contributed by atoms with Gasteiger partial charge in [0.2, 0.25) is 0 Å². The Labute approximate surface area is 115 Å². The Hall–Kier alpha value is -1.06. The van der Waals surface area contributed by atoms with Crippen molar-refractivity contribution in [3.05, 3.63) is 30.3 Å². The first-order chi connectivity index (χ1) is 9.36. The van der Waals surface area contributed by atoms with E-state index in [0.29, 0.717) is 12.5 Å². The molecule has 2 aliphatic rings. The highest BCUT2D eigenvalue weighted by molar-refractivity contribution is 5.46. The molecule has 2 heterocycles. The fraction of sp³-hybridized carbons (Fsp3) is 0.625. The van der Waals surface area contributed by atoms with Crippen LogP contribution in [0.4, 0.5) is 5.69 Å². The van der Waals surface area contributed by atoms with Crippen LogP contribution in [-0.4, -0.2) is 48.8 Å². The molecule has 19 heavy (non-hydrogen) atoms.